The number of amides is 1. The first-order chi connectivity index (χ1) is 11.2. The van der Waals surface area contributed by atoms with Crippen LogP contribution >= 0.6 is 12.4 Å². The van der Waals surface area contributed by atoms with Gasteiger partial charge in [-0.1, -0.05) is 60.7 Å². The van der Waals surface area contributed by atoms with E-state index in [1.54, 1.807) is 0 Å². The first-order valence-corrected chi connectivity index (χ1v) is 8.36. The monoisotopic (exact) mass is 344 g/mol. The lowest BCUT2D eigenvalue weighted by molar-refractivity contribution is -0.123. The third-order valence-electron chi connectivity index (χ3n) is 4.45. The quantitative estimate of drug-likeness (QED) is 0.810. The van der Waals surface area contributed by atoms with E-state index in [9.17, 15) is 4.79 Å². The first kappa shape index (κ1) is 18.5. The summed E-state index contributed by atoms with van der Waals surface area (Å²) in [6.07, 6.45) is 3.86. The molecular weight excluding hydrogens is 320 g/mol. The summed E-state index contributed by atoms with van der Waals surface area (Å²) in [6.45, 7) is 0. The fourth-order valence-electron chi connectivity index (χ4n) is 2.95. The number of benzene rings is 2. The van der Waals surface area contributed by atoms with E-state index in [0.29, 0.717) is 12.3 Å². The van der Waals surface area contributed by atoms with Crippen LogP contribution in [-0.4, -0.2) is 18.0 Å². The Morgan fingerprint density at radius 2 is 1.46 bits per heavy atom. The Kier molecular flexibility index (Phi) is 6.83. The Hall–Kier alpha value is -1.84. The summed E-state index contributed by atoms with van der Waals surface area (Å²) in [5, 5.41) is 3.18. The van der Waals surface area contributed by atoms with Crippen LogP contribution in [0.5, 0.6) is 0 Å². The van der Waals surface area contributed by atoms with Crippen molar-refractivity contribution in [1.82, 2.24) is 5.32 Å². The molecule has 0 saturated heterocycles. The van der Waals surface area contributed by atoms with Gasteiger partial charge in [-0.3, -0.25) is 4.79 Å². The van der Waals surface area contributed by atoms with Crippen molar-refractivity contribution < 1.29 is 4.79 Å². The van der Waals surface area contributed by atoms with Crippen LogP contribution in [-0.2, 0) is 17.6 Å². The minimum atomic E-state index is -0.491. The van der Waals surface area contributed by atoms with E-state index >= 15 is 0 Å². The van der Waals surface area contributed by atoms with Crippen LogP contribution in [0.2, 0.25) is 0 Å². The van der Waals surface area contributed by atoms with Crippen molar-refractivity contribution in [3.8, 4) is 0 Å². The fourth-order valence-corrected chi connectivity index (χ4v) is 2.95. The summed E-state index contributed by atoms with van der Waals surface area (Å²) in [6, 6.07) is 20.0. The molecule has 128 valence electrons. The zero-order chi connectivity index (χ0) is 16.1. The lowest BCUT2D eigenvalue weighted by Gasteiger charge is -2.21. The van der Waals surface area contributed by atoms with Crippen LogP contribution in [0.25, 0.3) is 0 Å². The SMILES string of the molecule is Cl.N[C@@H](Cc1ccccc1)C(=O)NC(Cc1ccccc1)C1CC1. The minimum Gasteiger partial charge on any atom is -0.351 e. The second-order valence-electron chi connectivity index (χ2n) is 6.44. The van der Waals surface area contributed by atoms with E-state index in [-0.39, 0.29) is 24.4 Å². The highest BCUT2D eigenvalue weighted by Gasteiger charge is 2.33. The molecule has 3 rings (SSSR count). The number of halogens is 1. The molecule has 0 radical (unpaired) electrons. The number of nitrogens with two attached hydrogens (primary N) is 1. The van der Waals surface area contributed by atoms with Crippen LogP contribution in [0.3, 0.4) is 0 Å². The number of hydrogen-bond acceptors (Lipinski definition) is 2. The maximum atomic E-state index is 12.4. The van der Waals surface area contributed by atoms with E-state index < -0.39 is 6.04 Å². The second kappa shape index (κ2) is 8.86. The summed E-state index contributed by atoms with van der Waals surface area (Å²) in [4.78, 5) is 12.4. The predicted octanol–water partition coefficient (Wildman–Crippen LogP) is 3.12. The number of hydrogen-bond donors (Lipinski definition) is 2. The van der Waals surface area contributed by atoms with Crippen molar-refractivity contribution in [3.05, 3.63) is 71.8 Å². The van der Waals surface area contributed by atoms with Crippen LogP contribution in [0.1, 0.15) is 24.0 Å². The lowest BCUT2D eigenvalue weighted by atomic mass is 10.0. The molecule has 1 aliphatic rings. The molecule has 2 aromatic carbocycles. The van der Waals surface area contributed by atoms with E-state index in [2.05, 4.69) is 17.4 Å². The van der Waals surface area contributed by atoms with Crippen molar-refractivity contribution in [2.45, 2.75) is 37.8 Å². The Balaban J connectivity index is 0.00000208. The van der Waals surface area contributed by atoms with Crippen molar-refractivity contribution in [1.29, 1.82) is 0 Å². The van der Waals surface area contributed by atoms with Gasteiger partial charge in [0.25, 0.3) is 0 Å². The molecule has 0 spiro atoms. The van der Waals surface area contributed by atoms with Gasteiger partial charge >= 0.3 is 0 Å². The molecule has 2 aromatic rings. The van der Waals surface area contributed by atoms with Crippen molar-refractivity contribution in [2.24, 2.45) is 11.7 Å². The largest absolute Gasteiger partial charge is 0.351 e. The topological polar surface area (TPSA) is 55.1 Å². The molecule has 0 bridgehead atoms. The van der Waals surface area contributed by atoms with Gasteiger partial charge in [0.05, 0.1) is 6.04 Å². The molecule has 1 fully saturated rings. The molecule has 1 amide bonds. The molecule has 24 heavy (non-hydrogen) atoms. The standard InChI is InChI=1S/C20H24N2O.ClH/c21-18(13-15-7-3-1-4-8-15)20(23)22-19(17-11-12-17)14-16-9-5-2-6-10-16;/h1-10,17-19H,11-14,21H2,(H,22,23);1H/t18-,19?;/m0./s1. The van der Waals surface area contributed by atoms with Crippen molar-refractivity contribution in [2.75, 3.05) is 0 Å². The highest BCUT2D eigenvalue weighted by molar-refractivity contribution is 5.85. The maximum absolute atomic E-state index is 12.4. The van der Waals surface area contributed by atoms with E-state index in [1.165, 1.54) is 18.4 Å². The number of nitrogens with one attached hydrogen (secondary N) is 1. The molecule has 1 unspecified atom stereocenters. The van der Waals surface area contributed by atoms with Gasteiger partial charge in [-0.05, 0) is 42.7 Å². The van der Waals surface area contributed by atoms with Crippen LogP contribution in [0.15, 0.2) is 60.7 Å². The molecule has 0 aromatic heterocycles. The molecule has 1 saturated carbocycles. The number of carbonyl (C=O) groups is 1. The number of rotatable bonds is 7. The average molecular weight is 345 g/mol. The van der Waals surface area contributed by atoms with Gasteiger partial charge in [-0.15, -0.1) is 12.4 Å². The van der Waals surface area contributed by atoms with Gasteiger partial charge in [0.15, 0.2) is 0 Å². The van der Waals surface area contributed by atoms with Crippen molar-refractivity contribution in [3.63, 3.8) is 0 Å². The summed E-state index contributed by atoms with van der Waals surface area (Å²) >= 11 is 0. The summed E-state index contributed by atoms with van der Waals surface area (Å²) in [7, 11) is 0. The Bertz CT molecular complexity index is 629. The van der Waals surface area contributed by atoms with Crippen molar-refractivity contribution >= 4 is 18.3 Å². The predicted molar refractivity (Wildman–Crippen MR) is 100 cm³/mol. The first-order valence-electron chi connectivity index (χ1n) is 8.36. The highest BCUT2D eigenvalue weighted by Crippen LogP contribution is 2.34. The highest BCUT2D eigenvalue weighted by atomic mass is 35.5. The molecule has 3 N–H and O–H groups in total. The van der Waals surface area contributed by atoms with Crippen LogP contribution < -0.4 is 11.1 Å². The Labute approximate surface area is 150 Å². The van der Waals surface area contributed by atoms with Gasteiger partial charge in [0, 0.05) is 6.04 Å². The normalized spacial score (nSPS) is 15.9. The molecule has 0 heterocycles. The molecule has 3 nitrogen and oxygen atoms in total. The fraction of sp³-hybridized carbons (Fsp3) is 0.350. The molecule has 4 heteroatoms. The molecule has 2 atom stereocenters. The smallest absolute Gasteiger partial charge is 0.237 e. The zero-order valence-electron chi connectivity index (χ0n) is 13.7. The summed E-state index contributed by atoms with van der Waals surface area (Å²) in [5.74, 6) is 0.560. The Morgan fingerprint density at radius 1 is 0.958 bits per heavy atom. The maximum Gasteiger partial charge on any atom is 0.237 e. The zero-order valence-corrected chi connectivity index (χ0v) is 14.5. The Morgan fingerprint density at radius 3 is 1.96 bits per heavy atom. The molecular formula is C20H25ClN2O. The van der Waals surface area contributed by atoms with E-state index in [4.69, 9.17) is 5.73 Å². The van der Waals surface area contributed by atoms with Gasteiger partial charge in [-0.2, -0.15) is 0 Å². The van der Waals surface area contributed by atoms with E-state index in [0.717, 1.165) is 12.0 Å². The third-order valence-corrected chi connectivity index (χ3v) is 4.45. The van der Waals surface area contributed by atoms with Gasteiger partial charge in [0.1, 0.15) is 0 Å². The lowest BCUT2D eigenvalue weighted by Crippen LogP contribution is -2.47. The summed E-state index contributed by atoms with van der Waals surface area (Å²) < 4.78 is 0. The third kappa shape index (κ3) is 5.36. The summed E-state index contributed by atoms with van der Waals surface area (Å²) in [5.41, 5.74) is 8.46. The van der Waals surface area contributed by atoms with Gasteiger partial charge in [0.2, 0.25) is 5.91 Å². The van der Waals surface area contributed by atoms with E-state index in [1.807, 2.05) is 48.5 Å². The molecule has 0 aliphatic heterocycles. The van der Waals surface area contributed by atoms with Crippen LogP contribution in [0, 0.1) is 5.92 Å². The number of carbonyl (C=O) groups excluding carboxylic acids is 1. The van der Waals surface area contributed by atoms with Gasteiger partial charge in [-0.25, -0.2) is 0 Å². The minimum absolute atomic E-state index is 0. The van der Waals surface area contributed by atoms with Crippen LogP contribution in [0.4, 0.5) is 0 Å². The second-order valence-corrected chi connectivity index (χ2v) is 6.44. The van der Waals surface area contributed by atoms with Gasteiger partial charge < -0.3 is 11.1 Å². The molecule has 1 aliphatic carbocycles. The average Bonchev–Trinajstić information content (AvgIpc) is 3.41.